The standard InChI is InChI=1S/C34H46N6O4/c1-22-9-10-25(27-12-11-26(21-36-27)39-15-17-44-18-16-39)20-28(22)37-32(43)38-29(19-23(2)33(4,5)6)24(3)30(41)40-14-13-35-31(42)34(40,7)8/h9-12,19-21H,13-18H2,1-8H3,(H,35,42)(H2,37,38,43)/b23-19+,29-24-. The SMILES string of the molecule is C/C(C(=O)N1CCNC(=O)C1(C)C)=C(\C=C(/C)C(C)(C)C)NC(=O)Nc1cc(-c2ccc(N3CCOCC3)cn2)ccc1C. The minimum Gasteiger partial charge on any atom is -0.378 e. The van der Waals surface area contributed by atoms with E-state index < -0.39 is 11.6 Å². The maximum Gasteiger partial charge on any atom is 0.323 e. The molecule has 0 unspecified atom stereocenters. The van der Waals surface area contributed by atoms with Crippen LogP contribution in [0.4, 0.5) is 16.2 Å². The largest absolute Gasteiger partial charge is 0.378 e. The van der Waals surface area contributed by atoms with Gasteiger partial charge >= 0.3 is 6.03 Å². The van der Waals surface area contributed by atoms with E-state index in [1.807, 2.05) is 50.4 Å². The van der Waals surface area contributed by atoms with Crippen molar-refractivity contribution in [3.8, 4) is 11.3 Å². The molecule has 44 heavy (non-hydrogen) atoms. The third kappa shape index (κ3) is 7.48. The number of rotatable bonds is 6. The van der Waals surface area contributed by atoms with Gasteiger partial charge in [0, 0.05) is 43.0 Å². The van der Waals surface area contributed by atoms with Crippen molar-refractivity contribution in [1.82, 2.24) is 20.5 Å². The van der Waals surface area contributed by atoms with E-state index in [-0.39, 0.29) is 17.2 Å². The molecule has 4 rings (SSSR count). The first-order chi connectivity index (χ1) is 20.7. The number of anilines is 2. The van der Waals surface area contributed by atoms with Crippen LogP contribution in [0, 0.1) is 12.3 Å². The molecule has 4 amide bonds. The summed E-state index contributed by atoms with van der Waals surface area (Å²) in [6, 6.07) is 9.39. The third-order valence-electron chi connectivity index (χ3n) is 8.52. The molecule has 2 fully saturated rings. The van der Waals surface area contributed by atoms with Crippen LogP contribution >= 0.6 is 0 Å². The van der Waals surface area contributed by atoms with Crippen molar-refractivity contribution < 1.29 is 19.1 Å². The minimum absolute atomic E-state index is 0.188. The third-order valence-corrected chi connectivity index (χ3v) is 8.52. The number of morpholine rings is 1. The fourth-order valence-electron chi connectivity index (χ4n) is 5.00. The van der Waals surface area contributed by atoms with E-state index in [4.69, 9.17) is 4.74 Å². The first-order valence-electron chi connectivity index (χ1n) is 15.2. The van der Waals surface area contributed by atoms with Crippen LogP contribution in [0.5, 0.6) is 0 Å². The van der Waals surface area contributed by atoms with Crippen LogP contribution in [-0.2, 0) is 14.3 Å². The zero-order valence-electron chi connectivity index (χ0n) is 27.3. The van der Waals surface area contributed by atoms with Crippen LogP contribution in [0.1, 0.15) is 54.0 Å². The van der Waals surface area contributed by atoms with E-state index in [1.165, 1.54) is 0 Å². The molecule has 236 valence electrons. The lowest BCUT2D eigenvalue weighted by Gasteiger charge is -2.41. The smallest absolute Gasteiger partial charge is 0.323 e. The molecule has 10 heteroatoms. The van der Waals surface area contributed by atoms with Crippen LogP contribution in [0.3, 0.4) is 0 Å². The van der Waals surface area contributed by atoms with Crippen LogP contribution in [0.15, 0.2) is 59.4 Å². The number of hydrogen-bond acceptors (Lipinski definition) is 6. The van der Waals surface area contributed by atoms with Crippen molar-refractivity contribution in [1.29, 1.82) is 0 Å². The highest BCUT2D eigenvalue weighted by atomic mass is 16.5. The molecule has 3 N–H and O–H groups in total. The van der Waals surface area contributed by atoms with Crippen molar-refractivity contribution in [2.24, 2.45) is 5.41 Å². The van der Waals surface area contributed by atoms with Gasteiger partial charge in [-0.25, -0.2) is 4.79 Å². The number of nitrogens with zero attached hydrogens (tertiary/aromatic N) is 3. The number of benzene rings is 1. The molecular weight excluding hydrogens is 556 g/mol. The lowest BCUT2D eigenvalue weighted by atomic mass is 9.86. The molecule has 0 atom stereocenters. The van der Waals surface area contributed by atoms with Crippen molar-refractivity contribution in [2.75, 3.05) is 49.6 Å². The van der Waals surface area contributed by atoms with Gasteiger partial charge in [-0.15, -0.1) is 0 Å². The van der Waals surface area contributed by atoms with Gasteiger partial charge in [0.25, 0.3) is 5.91 Å². The van der Waals surface area contributed by atoms with E-state index in [9.17, 15) is 14.4 Å². The number of nitrogens with one attached hydrogen (secondary N) is 3. The maximum atomic E-state index is 13.7. The topological polar surface area (TPSA) is 116 Å². The van der Waals surface area contributed by atoms with Gasteiger partial charge in [-0.2, -0.15) is 0 Å². The molecule has 0 bridgehead atoms. The summed E-state index contributed by atoms with van der Waals surface area (Å²) in [5.74, 6) is -0.512. The van der Waals surface area contributed by atoms with Gasteiger partial charge in [0.05, 0.1) is 36.5 Å². The molecular formula is C34H46N6O4. The molecule has 2 saturated heterocycles. The molecule has 3 heterocycles. The monoisotopic (exact) mass is 602 g/mol. The van der Waals surface area contributed by atoms with Gasteiger partial charge in [-0.3, -0.25) is 14.6 Å². The number of allylic oxidation sites excluding steroid dienone is 2. The van der Waals surface area contributed by atoms with Crippen LogP contribution in [0.25, 0.3) is 11.3 Å². The Morgan fingerprint density at radius 1 is 1.07 bits per heavy atom. The van der Waals surface area contributed by atoms with Gasteiger partial charge in [-0.05, 0) is 69.9 Å². The fraction of sp³-hybridized carbons (Fsp3) is 0.471. The first-order valence-corrected chi connectivity index (χ1v) is 15.2. The molecule has 2 aliphatic rings. The average Bonchev–Trinajstić information content (AvgIpc) is 2.98. The molecule has 2 aliphatic heterocycles. The first kappa shape index (κ1) is 32.7. The summed E-state index contributed by atoms with van der Waals surface area (Å²) in [5.41, 5.74) is 4.75. The van der Waals surface area contributed by atoms with Crippen molar-refractivity contribution >= 4 is 29.2 Å². The Hall–Kier alpha value is -4.18. The zero-order valence-corrected chi connectivity index (χ0v) is 27.3. The zero-order chi connectivity index (χ0) is 32.2. The second-order valence-electron chi connectivity index (χ2n) is 13.0. The van der Waals surface area contributed by atoms with Crippen LogP contribution < -0.4 is 20.9 Å². The average molecular weight is 603 g/mol. The van der Waals surface area contributed by atoms with E-state index in [1.54, 1.807) is 25.7 Å². The highest BCUT2D eigenvalue weighted by Crippen LogP contribution is 2.28. The number of urea groups is 1. The Morgan fingerprint density at radius 3 is 2.41 bits per heavy atom. The summed E-state index contributed by atoms with van der Waals surface area (Å²) in [5, 5.41) is 8.73. The van der Waals surface area contributed by atoms with E-state index in [0.29, 0.717) is 43.3 Å². The number of amides is 4. The number of pyridine rings is 1. The number of ether oxygens (including phenoxy) is 1. The maximum absolute atomic E-state index is 13.7. The minimum atomic E-state index is -1.02. The Bertz CT molecular complexity index is 1460. The molecule has 0 radical (unpaired) electrons. The summed E-state index contributed by atoms with van der Waals surface area (Å²) in [7, 11) is 0. The summed E-state index contributed by atoms with van der Waals surface area (Å²) in [4.78, 5) is 48.2. The van der Waals surface area contributed by atoms with Gasteiger partial charge in [0.15, 0.2) is 0 Å². The van der Waals surface area contributed by atoms with Gasteiger partial charge in [-0.1, -0.05) is 38.5 Å². The number of aryl methyl sites for hydroxylation is 1. The molecule has 2 aromatic rings. The molecule has 0 saturated carbocycles. The van der Waals surface area contributed by atoms with Gasteiger partial charge in [0.1, 0.15) is 5.54 Å². The normalized spacial score (nSPS) is 17.9. The molecule has 0 spiro atoms. The van der Waals surface area contributed by atoms with Crippen LogP contribution in [0.2, 0.25) is 0 Å². The fourth-order valence-corrected chi connectivity index (χ4v) is 5.00. The molecule has 1 aromatic heterocycles. The summed E-state index contributed by atoms with van der Waals surface area (Å²) in [6.45, 7) is 19.1. The number of hydrogen-bond donors (Lipinski definition) is 3. The van der Waals surface area contributed by atoms with Crippen LogP contribution in [-0.4, -0.2) is 72.7 Å². The number of carbonyl (C=O) groups is 3. The Kier molecular flexibility index (Phi) is 9.83. The number of carbonyl (C=O) groups excluding carboxylic acids is 3. The lowest BCUT2D eigenvalue weighted by Crippen LogP contribution is -2.63. The summed E-state index contributed by atoms with van der Waals surface area (Å²) >= 11 is 0. The number of piperazine rings is 1. The van der Waals surface area contributed by atoms with E-state index >= 15 is 0 Å². The molecule has 1 aromatic carbocycles. The van der Waals surface area contributed by atoms with Gasteiger partial charge < -0.3 is 30.5 Å². The van der Waals surface area contributed by atoms with E-state index in [0.717, 1.165) is 41.2 Å². The van der Waals surface area contributed by atoms with Crippen molar-refractivity contribution in [3.63, 3.8) is 0 Å². The Labute approximate surface area is 260 Å². The lowest BCUT2D eigenvalue weighted by molar-refractivity contribution is -0.146. The second-order valence-corrected chi connectivity index (χ2v) is 13.0. The Balaban J connectivity index is 1.58. The highest BCUT2D eigenvalue weighted by Gasteiger charge is 2.41. The molecule has 10 nitrogen and oxygen atoms in total. The van der Waals surface area contributed by atoms with Crippen molar-refractivity contribution in [2.45, 2.75) is 60.9 Å². The van der Waals surface area contributed by atoms with E-state index in [2.05, 4.69) is 52.7 Å². The predicted molar refractivity (Wildman–Crippen MR) is 174 cm³/mol. The van der Waals surface area contributed by atoms with Crippen molar-refractivity contribution in [3.05, 3.63) is 65.0 Å². The summed E-state index contributed by atoms with van der Waals surface area (Å²) < 4.78 is 5.45. The Morgan fingerprint density at radius 2 is 1.77 bits per heavy atom. The highest BCUT2D eigenvalue weighted by molar-refractivity contribution is 6.01. The number of aromatic nitrogens is 1. The van der Waals surface area contributed by atoms with Gasteiger partial charge in [0.2, 0.25) is 5.91 Å². The predicted octanol–water partition coefficient (Wildman–Crippen LogP) is 5.02. The second kappa shape index (κ2) is 13.2. The quantitative estimate of drug-likeness (QED) is 0.316. The summed E-state index contributed by atoms with van der Waals surface area (Å²) in [6.07, 6.45) is 3.71. The molecule has 0 aliphatic carbocycles.